The van der Waals surface area contributed by atoms with Gasteiger partial charge in [-0.05, 0) is 59.0 Å². The van der Waals surface area contributed by atoms with Gasteiger partial charge in [-0.1, -0.05) is 12.1 Å². The third-order valence-corrected chi connectivity index (χ3v) is 4.15. The van der Waals surface area contributed by atoms with Crippen molar-refractivity contribution in [3.8, 4) is 11.3 Å². The molecule has 0 aliphatic rings. The zero-order valence-electron chi connectivity index (χ0n) is 13.3. The van der Waals surface area contributed by atoms with Crippen molar-refractivity contribution in [1.82, 2.24) is 5.43 Å². The van der Waals surface area contributed by atoms with E-state index in [0.29, 0.717) is 22.6 Å². The predicted octanol–water partition coefficient (Wildman–Crippen LogP) is 4.22. The van der Waals surface area contributed by atoms with Crippen LogP contribution in [0.4, 0.5) is 5.69 Å². The van der Waals surface area contributed by atoms with E-state index in [9.17, 15) is 14.9 Å². The summed E-state index contributed by atoms with van der Waals surface area (Å²) in [5.41, 5.74) is 3.49. The fourth-order valence-corrected chi connectivity index (χ4v) is 2.53. The van der Waals surface area contributed by atoms with Gasteiger partial charge in [0.2, 0.25) is 0 Å². The number of rotatable bonds is 5. The van der Waals surface area contributed by atoms with Gasteiger partial charge in [0, 0.05) is 26.8 Å². The molecule has 1 amide bonds. The van der Waals surface area contributed by atoms with Crippen molar-refractivity contribution in [3.63, 3.8) is 0 Å². The molecule has 0 aliphatic heterocycles. The fourth-order valence-electron chi connectivity index (χ4n) is 2.17. The van der Waals surface area contributed by atoms with E-state index >= 15 is 0 Å². The molecule has 1 heterocycles. The average Bonchev–Trinajstić information content (AvgIpc) is 3.11. The summed E-state index contributed by atoms with van der Waals surface area (Å²) in [6.07, 6.45) is 1.37. The molecule has 7 nitrogen and oxygen atoms in total. The minimum Gasteiger partial charge on any atom is -0.455 e. The minimum atomic E-state index is -0.463. The molecule has 8 heteroatoms. The molecule has 0 aliphatic carbocycles. The molecule has 3 aromatic rings. The van der Waals surface area contributed by atoms with Crippen LogP contribution < -0.4 is 5.43 Å². The summed E-state index contributed by atoms with van der Waals surface area (Å²) in [6, 6.07) is 16.6. The van der Waals surface area contributed by atoms with Gasteiger partial charge in [-0.25, -0.2) is 5.43 Å². The molecule has 0 bridgehead atoms. The highest BCUT2D eigenvalue weighted by molar-refractivity contribution is 14.1. The second-order valence-corrected chi connectivity index (χ2v) is 6.46. The summed E-state index contributed by atoms with van der Waals surface area (Å²) >= 11 is 2.16. The molecular formula is C18H12IN3O4. The number of hydrazone groups is 1. The van der Waals surface area contributed by atoms with Crippen molar-refractivity contribution in [3.05, 3.63) is 85.7 Å². The Balaban J connectivity index is 1.67. The van der Waals surface area contributed by atoms with Crippen LogP contribution in [0.15, 0.2) is 70.2 Å². The number of nitro benzene ring substituents is 1. The van der Waals surface area contributed by atoms with Crippen molar-refractivity contribution < 1.29 is 14.1 Å². The summed E-state index contributed by atoms with van der Waals surface area (Å²) < 4.78 is 6.62. The van der Waals surface area contributed by atoms with E-state index < -0.39 is 4.92 Å². The zero-order chi connectivity index (χ0) is 18.5. The van der Waals surface area contributed by atoms with E-state index in [1.54, 1.807) is 36.4 Å². The van der Waals surface area contributed by atoms with Crippen molar-refractivity contribution in [2.45, 2.75) is 0 Å². The maximum absolute atomic E-state index is 12.0. The molecule has 3 rings (SSSR count). The normalized spacial score (nSPS) is 10.8. The lowest BCUT2D eigenvalue weighted by Crippen LogP contribution is -2.17. The third kappa shape index (κ3) is 4.33. The lowest BCUT2D eigenvalue weighted by molar-refractivity contribution is -0.384. The smallest absolute Gasteiger partial charge is 0.271 e. The van der Waals surface area contributed by atoms with Crippen molar-refractivity contribution >= 4 is 40.4 Å². The SMILES string of the molecule is O=C(N/N=C\c1ccc(-c2cccc([N+](=O)[O-])c2)o1)c1ccc(I)cc1. The number of carbonyl (C=O) groups excluding carboxylic acids is 1. The van der Waals surface area contributed by atoms with Gasteiger partial charge in [0.25, 0.3) is 11.6 Å². The number of hydrogen-bond acceptors (Lipinski definition) is 5. The summed E-state index contributed by atoms with van der Waals surface area (Å²) in [4.78, 5) is 22.3. The zero-order valence-corrected chi connectivity index (χ0v) is 15.4. The summed E-state index contributed by atoms with van der Waals surface area (Å²) in [7, 11) is 0. The Morgan fingerprint density at radius 1 is 1.15 bits per heavy atom. The Kier molecular flexibility index (Phi) is 5.42. The van der Waals surface area contributed by atoms with E-state index in [4.69, 9.17) is 4.42 Å². The molecule has 0 atom stereocenters. The summed E-state index contributed by atoms with van der Waals surface area (Å²) in [6.45, 7) is 0. The quantitative estimate of drug-likeness (QED) is 0.266. The number of carbonyl (C=O) groups is 1. The number of benzene rings is 2. The average molecular weight is 461 g/mol. The first-order valence-corrected chi connectivity index (χ1v) is 8.54. The van der Waals surface area contributed by atoms with Crippen molar-refractivity contribution in [1.29, 1.82) is 0 Å². The molecular weight excluding hydrogens is 449 g/mol. The van der Waals surface area contributed by atoms with Gasteiger partial charge in [-0.15, -0.1) is 0 Å². The number of hydrogen-bond donors (Lipinski definition) is 1. The predicted molar refractivity (Wildman–Crippen MR) is 105 cm³/mol. The Morgan fingerprint density at radius 3 is 2.65 bits per heavy atom. The molecule has 0 fully saturated rings. The van der Waals surface area contributed by atoms with E-state index in [2.05, 4.69) is 33.1 Å². The van der Waals surface area contributed by atoms with Crippen LogP contribution in [-0.4, -0.2) is 17.0 Å². The van der Waals surface area contributed by atoms with E-state index in [1.807, 2.05) is 12.1 Å². The second-order valence-electron chi connectivity index (χ2n) is 5.22. The number of nitro groups is 1. The molecule has 0 spiro atoms. The summed E-state index contributed by atoms with van der Waals surface area (Å²) in [5.74, 6) is 0.552. The molecule has 2 aromatic carbocycles. The fraction of sp³-hybridized carbons (Fsp3) is 0. The Labute approximate surface area is 162 Å². The van der Waals surface area contributed by atoms with Crippen molar-refractivity contribution in [2.75, 3.05) is 0 Å². The number of nitrogens with one attached hydrogen (secondary N) is 1. The van der Waals surface area contributed by atoms with Crippen LogP contribution in [0.5, 0.6) is 0 Å². The maximum Gasteiger partial charge on any atom is 0.271 e. The maximum atomic E-state index is 12.0. The Morgan fingerprint density at radius 2 is 1.92 bits per heavy atom. The minimum absolute atomic E-state index is 0.0149. The highest BCUT2D eigenvalue weighted by atomic mass is 127. The number of amides is 1. The molecule has 1 N–H and O–H groups in total. The first-order chi connectivity index (χ1) is 12.5. The van der Waals surface area contributed by atoms with Gasteiger partial charge < -0.3 is 4.42 Å². The largest absolute Gasteiger partial charge is 0.455 e. The lowest BCUT2D eigenvalue weighted by atomic mass is 10.1. The molecule has 0 radical (unpaired) electrons. The van der Waals surface area contributed by atoms with Crippen LogP contribution in [-0.2, 0) is 0 Å². The van der Waals surface area contributed by atoms with Gasteiger partial charge in [0.05, 0.1) is 11.1 Å². The van der Waals surface area contributed by atoms with Gasteiger partial charge in [-0.3, -0.25) is 14.9 Å². The highest BCUT2D eigenvalue weighted by Crippen LogP contribution is 2.25. The summed E-state index contributed by atoms with van der Waals surface area (Å²) in [5, 5.41) is 14.7. The van der Waals surface area contributed by atoms with E-state index in [-0.39, 0.29) is 11.6 Å². The Bertz CT molecular complexity index is 980. The van der Waals surface area contributed by atoms with Crippen LogP contribution in [0.3, 0.4) is 0 Å². The molecule has 0 saturated carbocycles. The number of halogens is 1. The molecule has 130 valence electrons. The number of non-ortho nitro benzene ring substituents is 1. The van der Waals surface area contributed by atoms with E-state index in [1.165, 1.54) is 18.3 Å². The van der Waals surface area contributed by atoms with Gasteiger partial charge >= 0.3 is 0 Å². The van der Waals surface area contributed by atoms with Crippen LogP contribution in [0, 0.1) is 13.7 Å². The van der Waals surface area contributed by atoms with Gasteiger partial charge in [0.15, 0.2) is 0 Å². The van der Waals surface area contributed by atoms with Crippen LogP contribution in [0.1, 0.15) is 16.1 Å². The third-order valence-electron chi connectivity index (χ3n) is 3.43. The van der Waals surface area contributed by atoms with Gasteiger partial charge in [0.1, 0.15) is 11.5 Å². The lowest BCUT2D eigenvalue weighted by Gasteiger charge is -1.99. The molecule has 1 aromatic heterocycles. The molecule has 0 unspecified atom stereocenters. The molecule has 26 heavy (non-hydrogen) atoms. The number of furan rings is 1. The van der Waals surface area contributed by atoms with Gasteiger partial charge in [-0.2, -0.15) is 5.10 Å². The highest BCUT2D eigenvalue weighted by Gasteiger charge is 2.10. The van der Waals surface area contributed by atoms with Crippen LogP contribution >= 0.6 is 22.6 Å². The Hall–Kier alpha value is -3.01. The van der Waals surface area contributed by atoms with Crippen molar-refractivity contribution in [2.24, 2.45) is 5.10 Å². The monoisotopic (exact) mass is 461 g/mol. The van der Waals surface area contributed by atoms with E-state index in [0.717, 1.165) is 3.57 Å². The van der Waals surface area contributed by atoms with Crippen LogP contribution in [0.2, 0.25) is 0 Å². The first kappa shape index (κ1) is 17.8. The topological polar surface area (TPSA) is 97.7 Å². The standard InChI is InChI=1S/C18H12IN3O4/c19-14-6-4-12(5-7-14)18(23)21-20-11-16-8-9-17(26-16)13-2-1-3-15(10-13)22(24)25/h1-11H,(H,21,23)/b20-11-. The second kappa shape index (κ2) is 7.91. The van der Waals surface area contributed by atoms with Crippen LogP contribution in [0.25, 0.3) is 11.3 Å². The number of nitrogens with zero attached hydrogens (tertiary/aromatic N) is 2. The first-order valence-electron chi connectivity index (χ1n) is 7.46. The molecule has 0 saturated heterocycles.